The maximum absolute atomic E-state index is 12.4. The molecule has 0 bridgehead atoms. The zero-order valence-corrected chi connectivity index (χ0v) is 13.5. The summed E-state index contributed by atoms with van der Waals surface area (Å²) in [7, 11) is 0. The van der Waals surface area contributed by atoms with E-state index < -0.39 is 0 Å². The summed E-state index contributed by atoms with van der Waals surface area (Å²) >= 11 is 0. The quantitative estimate of drug-likeness (QED) is 0.838. The van der Waals surface area contributed by atoms with Crippen LogP contribution in [0.4, 0.5) is 0 Å². The first-order valence-corrected chi connectivity index (χ1v) is 8.09. The van der Waals surface area contributed by atoms with E-state index in [2.05, 4.69) is 31.2 Å². The van der Waals surface area contributed by atoms with Gasteiger partial charge in [-0.15, -0.1) is 0 Å². The average molecular weight is 303 g/mol. The molecule has 1 heterocycles. The van der Waals surface area contributed by atoms with Crippen LogP contribution >= 0.6 is 0 Å². The lowest BCUT2D eigenvalue weighted by Gasteiger charge is -2.22. The van der Waals surface area contributed by atoms with Crippen molar-refractivity contribution in [1.29, 1.82) is 0 Å². The molecule has 5 heteroatoms. The molecule has 5 nitrogen and oxygen atoms in total. The van der Waals surface area contributed by atoms with Crippen LogP contribution in [0.1, 0.15) is 62.1 Å². The van der Waals surface area contributed by atoms with Crippen LogP contribution in [0.15, 0.2) is 18.2 Å². The summed E-state index contributed by atoms with van der Waals surface area (Å²) in [5.74, 6) is 0.580. The van der Waals surface area contributed by atoms with Gasteiger partial charge in [-0.25, -0.2) is 0 Å². The number of rotatable bonds is 4. The Morgan fingerprint density at radius 3 is 2.68 bits per heavy atom. The first-order chi connectivity index (χ1) is 10.4. The average Bonchev–Trinajstić information content (AvgIpc) is 3.02. The van der Waals surface area contributed by atoms with Crippen molar-refractivity contribution in [2.75, 3.05) is 6.61 Å². The minimum absolute atomic E-state index is 0.00573. The highest BCUT2D eigenvalue weighted by Crippen LogP contribution is 2.41. The number of carbonyl (C=O) groups is 1. The maximum Gasteiger partial charge on any atom is 0.272 e. The van der Waals surface area contributed by atoms with Crippen molar-refractivity contribution in [3.05, 3.63) is 29.6 Å². The Balaban J connectivity index is 1.74. The van der Waals surface area contributed by atoms with Crippen molar-refractivity contribution in [1.82, 2.24) is 15.1 Å². The Labute approximate surface area is 131 Å². The summed E-state index contributed by atoms with van der Waals surface area (Å²) in [6, 6.07) is 1.94. The Bertz CT molecular complexity index is 594. The largest absolute Gasteiger partial charge is 0.396 e. The van der Waals surface area contributed by atoms with Gasteiger partial charge in [-0.2, -0.15) is 5.10 Å². The zero-order chi connectivity index (χ0) is 15.9. The molecule has 120 valence electrons. The number of amides is 1. The number of aromatic nitrogens is 2. The molecule has 0 spiro atoms. The van der Waals surface area contributed by atoms with Crippen LogP contribution in [0.5, 0.6) is 0 Å². The number of aliphatic hydroxyl groups is 1. The smallest absolute Gasteiger partial charge is 0.272 e. The first-order valence-electron chi connectivity index (χ1n) is 8.09. The Morgan fingerprint density at radius 1 is 1.41 bits per heavy atom. The van der Waals surface area contributed by atoms with Gasteiger partial charge >= 0.3 is 0 Å². The molecule has 1 saturated carbocycles. The summed E-state index contributed by atoms with van der Waals surface area (Å²) in [5.41, 5.74) is 1.55. The van der Waals surface area contributed by atoms with Gasteiger partial charge in [0, 0.05) is 30.2 Å². The highest BCUT2D eigenvalue weighted by Gasteiger charge is 2.33. The summed E-state index contributed by atoms with van der Waals surface area (Å²) in [4.78, 5) is 12.4. The molecule has 2 aliphatic rings. The molecule has 2 aliphatic carbocycles. The van der Waals surface area contributed by atoms with Crippen molar-refractivity contribution < 1.29 is 9.90 Å². The third-order valence-electron chi connectivity index (χ3n) is 4.32. The Hall–Kier alpha value is -1.62. The number of carbonyl (C=O) groups excluding carboxylic acids is 1. The van der Waals surface area contributed by atoms with E-state index in [4.69, 9.17) is 5.11 Å². The summed E-state index contributed by atoms with van der Waals surface area (Å²) in [5, 5.41) is 16.7. The standard InChI is InChI=1S/C17H25N3O2/c1-17(2,3)20-15(12-5-6-12)9-14(19-20)16(22)18-13-7-4-11(8-13)10-21/h4,7,9,11-13,21H,5-6,8,10H2,1-3H3,(H,18,22)/t11-,13+/m0/s1. The van der Waals surface area contributed by atoms with E-state index in [0.29, 0.717) is 11.6 Å². The number of aliphatic hydroxyl groups excluding tert-OH is 1. The van der Waals surface area contributed by atoms with Gasteiger partial charge in [0.15, 0.2) is 0 Å². The van der Waals surface area contributed by atoms with E-state index in [1.54, 1.807) is 0 Å². The van der Waals surface area contributed by atoms with Crippen LogP contribution in [0.2, 0.25) is 0 Å². The highest BCUT2D eigenvalue weighted by molar-refractivity contribution is 5.92. The molecule has 0 radical (unpaired) electrons. The van der Waals surface area contributed by atoms with E-state index in [1.165, 1.54) is 18.5 Å². The molecular weight excluding hydrogens is 278 g/mol. The lowest BCUT2D eigenvalue weighted by molar-refractivity contribution is 0.0934. The minimum Gasteiger partial charge on any atom is -0.396 e. The normalized spacial score (nSPS) is 24.7. The lowest BCUT2D eigenvalue weighted by Crippen LogP contribution is -2.33. The fourth-order valence-corrected chi connectivity index (χ4v) is 2.97. The van der Waals surface area contributed by atoms with Gasteiger partial charge in [0.25, 0.3) is 5.91 Å². The van der Waals surface area contributed by atoms with Crippen molar-refractivity contribution in [3.8, 4) is 0 Å². The molecule has 1 aromatic heterocycles. The van der Waals surface area contributed by atoms with Crippen molar-refractivity contribution in [2.45, 2.75) is 57.5 Å². The molecule has 1 aromatic rings. The summed E-state index contributed by atoms with van der Waals surface area (Å²) in [6.45, 7) is 6.46. The third-order valence-corrected chi connectivity index (χ3v) is 4.32. The number of nitrogens with one attached hydrogen (secondary N) is 1. The molecule has 22 heavy (non-hydrogen) atoms. The first kappa shape index (κ1) is 15.3. The van der Waals surface area contributed by atoms with Crippen LogP contribution in [0, 0.1) is 5.92 Å². The third kappa shape index (κ3) is 3.09. The number of hydrogen-bond donors (Lipinski definition) is 2. The van der Waals surface area contributed by atoms with Crippen molar-refractivity contribution >= 4 is 5.91 Å². The van der Waals surface area contributed by atoms with Gasteiger partial charge in [0.2, 0.25) is 0 Å². The molecule has 3 rings (SSSR count). The fourth-order valence-electron chi connectivity index (χ4n) is 2.97. The highest BCUT2D eigenvalue weighted by atomic mass is 16.3. The van der Waals surface area contributed by atoms with Crippen molar-refractivity contribution in [3.63, 3.8) is 0 Å². The number of hydrogen-bond acceptors (Lipinski definition) is 3. The molecule has 0 saturated heterocycles. The Kier molecular flexibility index (Phi) is 3.85. The van der Waals surface area contributed by atoms with Gasteiger partial charge in [-0.1, -0.05) is 12.2 Å². The van der Waals surface area contributed by atoms with Gasteiger partial charge in [-0.05, 0) is 46.1 Å². The molecule has 1 fully saturated rings. The molecule has 2 atom stereocenters. The fraction of sp³-hybridized carbons (Fsp3) is 0.647. The molecule has 0 unspecified atom stereocenters. The molecule has 2 N–H and O–H groups in total. The molecular formula is C17H25N3O2. The molecule has 0 aliphatic heterocycles. The number of nitrogens with zero attached hydrogens (tertiary/aromatic N) is 2. The van der Waals surface area contributed by atoms with Crippen LogP contribution < -0.4 is 5.32 Å². The van der Waals surface area contributed by atoms with E-state index in [9.17, 15) is 4.79 Å². The van der Waals surface area contributed by atoms with E-state index >= 15 is 0 Å². The van der Waals surface area contributed by atoms with E-state index in [0.717, 1.165) is 6.42 Å². The van der Waals surface area contributed by atoms with Gasteiger partial charge in [0.05, 0.1) is 5.54 Å². The van der Waals surface area contributed by atoms with Gasteiger partial charge < -0.3 is 10.4 Å². The predicted octanol–water partition coefficient (Wildman–Crippen LogP) is 2.18. The van der Waals surface area contributed by atoms with Crippen molar-refractivity contribution in [2.24, 2.45) is 5.92 Å². The second-order valence-corrected chi connectivity index (χ2v) is 7.45. The second kappa shape index (κ2) is 5.54. The molecule has 0 aromatic carbocycles. The topological polar surface area (TPSA) is 67.2 Å². The van der Waals surface area contributed by atoms with E-state index in [-0.39, 0.29) is 30.0 Å². The predicted molar refractivity (Wildman–Crippen MR) is 84.8 cm³/mol. The summed E-state index contributed by atoms with van der Waals surface area (Å²) < 4.78 is 2.00. The van der Waals surface area contributed by atoms with E-state index in [1.807, 2.05) is 22.9 Å². The monoisotopic (exact) mass is 303 g/mol. The van der Waals surface area contributed by atoms with Crippen LogP contribution in [0.25, 0.3) is 0 Å². The SMILES string of the molecule is CC(C)(C)n1nc(C(=O)N[C@@H]2C=C[C@H](CO)C2)cc1C1CC1. The van der Waals surface area contributed by atoms with Crippen LogP contribution in [0.3, 0.4) is 0 Å². The molecule has 1 amide bonds. The van der Waals surface area contributed by atoms with Crippen LogP contribution in [-0.4, -0.2) is 33.4 Å². The summed E-state index contributed by atoms with van der Waals surface area (Å²) in [6.07, 6.45) is 7.06. The zero-order valence-electron chi connectivity index (χ0n) is 13.5. The Morgan fingerprint density at radius 2 is 2.14 bits per heavy atom. The second-order valence-electron chi connectivity index (χ2n) is 7.45. The van der Waals surface area contributed by atoms with Crippen LogP contribution in [-0.2, 0) is 5.54 Å². The van der Waals surface area contributed by atoms with Gasteiger partial charge in [0.1, 0.15) is 5.69 Å². The minimum atomic E-state index is -0.127. The maximum atomic E-state index is 12.4. The lowest BCUT2D eigenvalue weighted by atomic mass is 10.1. The van der Waals surface area contributed by atoms with Gasteiger partial charge in [-0.3, -0.25) is 9.48 Å².